The van der Waals surface area contributed by atoms with Crippen LogP contribution >= 0.6 is 0 Å². The molecule has 1 aliphatic heterocycles. The molecule has 190 valence electrons. The fourth-order valence-corrected chi connectivity index (χ4v) is 4.89. The van der Waals surface area contributed by atoms with Gasteiger partial charge in [-0.05, 0) is 68.7 Å². The Labute approximate surface area is 210 Å². The number of nitro benzene ring substituents is 1. The first-order chi connectivity index (χ1) is 17.5. The highest BCUT2D eigenvalue weighted by atomic mass is 16.6. The third-order valence-electron chi connectivity index (χ3n) is 6.82. The van der Waals surface area contributed by atoms with Crippen molar-refractivity contribution >= 4 is 22.6 Å². The number of nitro groups is 1. The molecule has 1 amide bonds. The number of nitrogens with zero attached hydrogens (tertiary/aromatic N) is 3. The number of carbonyl (C=O) groups excluding carboxylic acids is 1. The number of fused-ring (bicyclic) bond motifs is 2. The van der Waals surface area contributed by atoms with Crippen molar-refractivity contribution in [2.75, 3.05) is 26.2 Å². The van der Waals surface area contributed by atoms with Gasteiger partial charge in [0.1, 0.15) is 5.58 Å². The summed E-state index contributed by atoms with van der Waals surface area (Å²) >= 11 is 0. The number of hydrogen-bond donors (Lipinski definition) is 0. The van der Waals surface area contributed by atoms with E-state index in [9.17, 15) is 19.7 Å². The van der Waals surface area contributed by atoms with E-state index in [1.807, 2.05) is 0 Å². The van der Waals surface area contributed by atoms with Crippen molar-refractivity contribution in [3.63, 3.8) is 0 Å². The van der Waals surface area contributed by atoms with E-state index < -0.39 is 11.0 Å². The molecular weight excluding hydrogens is 458 g/mol. The number of non-ortho nitro benzene ring substituents is 1. The van der Waals surface area contributed by atoms with Crippen LogP contribution in [0.5, 0.6) is 0 Å². The van der Waals surface area contributed by atoms with Crippen molar-refractivity contribution in [3.8, 4) is 0 Å². The van der Waals surface area contributed by atoms with Gasteiger partial charge in [-0.3, -0.25) is 19.7 Å². The maximum Gasteiger partial charge on any atom is 0.290 e. The summed E-state index contributed by atoms with van der Waals surface area (Å²) in [6.07, 6.45) is 5.28. The van der Waals surface area contributed by atoms with Gasteiger partial charge in [0, 0.05) is 18.7 Å². The Morgan fingerprint density at radius 3 is 2.22 bits per heavy atom. The molecular formula is C28H33N3O5. The van der Waals surface area contributed by atoms with Gasteiger partial charge in [-0.15, -0.1) is 0 Å². The number of amides is 1. The molecule has 0 spiro atoms. The smallest absolute Gasteiger partial charge is 0.290 e. The minimum Gasteiger partial charge on any atom is -0.450 e. The molecule has 0 saturated carbocycles. The summed E-state index contributed by atoms with van der Waals surface area (Å²) in [6, 6.07) is 12.4. The Balaban J connectivity index is 1.67. The largest absolute Gasteiger partial charge is 0.450 e. The Hall–Kier alpha value is -3.52. The topological polar surface area (TPSA) is 96.9 Å². The molecule has 0 N–H and O–H groups in total. The van der Waals surface area contributed by atoms with Crippen molar-refractivity contribution in [1.82, 2.24) is 9.80 Å². The van der Waals surface area contributed by atoms with E-state index in [0.29, 0.717) is 28.6 Å². The van der Waals surface area contributed by atoms with Crippen molar-refractivity contribution in [2.45, 2.75) is 52.0 Å². The summed E-state index contributed by atoms with van der Waals surface area (Å²) < 4.78 is 5.97. The van der Waals surface area contributed by atoms with Crippen LogP contribution < -0.4 is 5.43 Å². The molecule has 1 atom stereocenters. The van der Waals surface area contributed by atoms with Gasteiger partial charge >= 0.3 is 0 Å². The monoisotopic (exact) mass is 491 g/mol. The lowest BCUT2D eigenvalue weighted by Crippen LogP contribution is -2.34. The normalized spacial score (nSPS) is 15.1. The number of para-hydroxylation sites is 1. The van der Waals surface area contributed by atoms with Crippen LogP contribution in [0.1, 0.15) is 73.7 Å². The highest BCUT2D eigenvalue weighted by Gasteiger charge is 2.42. The molecule has 0 radical (unpaired) electrons. The number of carbonyl (C=O) groups is 1. The Kier molecular flexibility index (Phi) is 8.15. The van der Waals surface area contributed by atoms with Gasteiger partial charge in [0.05, 0.1) is 21.9 Å². The molecule has 8 nitrogen and oxygen atoms in total. The second kappa shape index (κ2) is 11.5. The summed E-state index contributed by atoms with van der Waals surface area (Å²) in [6.45, 7) is 7.73. The van der Waals surface area contributed by atoms with Crippen LogP contribution in [0.4, 0.5) is 5.69 Å². The average molecular weight is 492 g/mol. The molecule has 8 heteroatoms. The summed E-state index contributed by atoms with van der Waals surface area (Å²) in [5.41, 5.74) is 1.07. The Morgan fingerprint density at radius 1 is 0.944 bits per heavy atom. The third kappa shape index (κ3) is 5.18. The molecule has 4 rings (SSSR count). The first kappa shape index (κ1) is 25.6. The van der Waals surface area contributed by atoms with Gasteiger partial charge < -0.3 is 14.2 Å². The Bertz CT molecular complexity index is 1280. The van der Waals surface area contributed by atoms with Gasteiger partial charge in [0.25, 0.3) is 11.6 Å². The molecule has 1 aromatic heterocycles. The molecule has 2 heterocycles. The van der Waals surface area contributed by atoms with E-state index in [1.54, 1.807) is 41.3 Å². The number of rotatable bonds is 12. The van der Waals surface area contributed by atoms with Crippen LogP contribution in [-0.2, 0) is 0 Å². The molecule has 3 aromatic rings. The van der Waals surface area contributed by atoms with Crippen LogP contribution in [0.3, 0.4) is 0 Å². The summed E-state index contributed by atoms with van der Waals surface area (Å²) in [5, 5.41) is 11.6. The zero-order chi connectivity index (χ0) is 25.7. The quantitative estimate of drug-likeness (QED) is 0.244. The van der Waals surface area contributed by atoms with Crippen LogP contribution in [0.15, 0.2) is 57.7 Å². The molecule has 2 aromatic carbocycles. The second-order valence-corrected chi connectivity index (χ2v) is 9.32. The summed E-state index contributed by atoms with van der Waals surface area (Å²) in [4.78, 5) is 41.9. The van der Waals surface area contributed by atoms with Crippen LogP contribution in [-0.4, -0.2) is 46.8 Å². The van der Waals surface area contributed by atoms with Gasteiger partial charge in [0.2, 0.25) is 5.76 Å². The zero-order valence-corrected chi connectivity index (χ0v) is 20.9. The first-order valence-corrected chi connectivity index (χ1v) is 12.8. The predicted molar refractivity (Wildman–Crippen MR) is 139 cm³/mol. The van der Waals surface area contributed by atoms with Crippen LogP contribution in [0.2, 0.25) is 0 Å². The predicted octanol–water partition coefficient (Wildman–Crippen LogP) is 5.54. The maximum atomic E-state index is 13.5. The third-order valence-corrected chi connectivity index (χ3v) is 6.82. The fraction of sp³-hybridized carbons (Fsp3) is 0.429. The number of unbranched alkanes of at least 4 members (excludes halogenated alkanes) is 2. The minimum atomic E-state index is -0.645. The van der Waals surface area contributed by atoms with E-state index >= 15 is 0 Å². The Morgan fingerprint density at radius 2 is 1.58 bits per heavy atom. The van der Waals surface area contributed by atoms with Crippen LogP contribution in [0, 0.1) is 10.1 Å². The highest BCUT2D eigenvalue weighted by Crippen LogP contribution is 2.38. The molecule has 0 aliphatic carbocycles. The molecule has 0 fully saturated rings. The van der Waals surface area contributed by atoms with Gasteiger partial charge in [-0.1, -0.05) is 38.8 Å². The summed E-state index contributed by atoms with van der Waals surface area (Å²) in [7, 11) is 0. The number of hydrogen-bond acceptors (Lipinski definition) is 6. The highest BCUT2D eigenvalue weighted by molar-refractivity contribution is 5.99. The maximum absolute atomic E-state index is 13.5. The average Bonchev–Trinajstić information content (AvgIpc) is 3.17. The van der Waals surface area contributed by atoms with E-state index in [1.165, 1.54) is 12.1 Å². The summed E-state index contributed by atoms with van der Waals surface area (Å²) in [5.74, 6) is -0.249. The molecule has 0 bridgehead atoms. The van der Waals surface area contributed by atoms with Gasteiger partial charge in [-0.2, -0.15) is 0 Å². The lowest BCUT2D eigenvalue weighted by atomic mass is 9.98. The molecule has 1 aliphatic rings. The SMILES string of the molecule is CCCCN(CCCC)CCCN1C(=O)c2oc3ccccc3c(=O)c2C1c1ccc([N+](=O)[O-])cc1. The van der Waals surface area contributed by atoms with Crippen LogP contribution in [0.25, 0.3) is 11.0 Å². The van der Waals surface area contributed by atoms with E-state index in [2.05, 4.69) is 18.7 Å². The molecule has 0 saturated heterocycles. The fourth-order valence-electron chi connectivity index (χ4n) is 4.89. The van der Waals surface area contributed by atoms with Crippen molar-refractivity contribution in [3.05, 3.63) is 85.8 Å². The number of benzene rings is 2. The van der Waals surface area contributed by atoms with Gasteiger partial charge in [0.15, 0.2) is 5.43 Å². The first-order valence-electron chi connectivity index (χ1n) is 12.8. The van der Waals surface area contributed by atoms with E-state index in [-0.39, 0.29) is 22.8 Å². The minimum absolute atomic E-state index is 0.0390. The lowest BCUT2D eigenvalue weighted by molar-refractivity contribution is -0.384. The van der Waals surface area contributed by atoms with E-state index in [4.69, 9.17) is 4.42 Å². The van der Waals surface area contributed by atoms with Crippen molar-refractivity contribution < 1.29 is 14.1 Å². The van der Waals surface area contributed by atoms with Gasteiger partial charge in [-0.25, -0.2) is 0 Å². The van der Waals surface area contributed by atoms with Crippen molar-refractivity contribution in [1.29, 1.82) is 0 Å². The zero-order valence-electron chi connectivity index (χ0n) is 20.9. The van der Waals surface area contributed by atoms with E-state index in [0.717, 1.165) is 51.7 Å². The second-order valence-electron chi connectivity index (χ2n) is 9.32. The molecule has 36 heavy (non-hydrogen) atoms. The lowest BCUT2D eigenvalue weighted by Gasteiger charge is -2.27. The van der Waals surface area contributed by atoms with Crippen molar-refractivity contribution in [2.24, 2.45) is 0 Å². The molecule has 1 unspecified atom stereocenters. The standard InChI is InChI=1S/C28H33N3O5/c1-3-5-16-29(17-6-4-2)18-9-19-30-25(20-12-14-21(15-13-20)31(34)35)24-26(32)22-10-7-8-11-23(22)36-27(24)28(30)33/h7-8,10-15,25H,3-6,9,16-19H2,1-2H3.